The van der Waals surface area contributed by atoms with E-state index in [0.717, 1.165) is 54.9 Å². The van der Waals surface area contributed by atoms with Crippen LogP contribution in [-0.2, 0) is 12.8 Å². The monoisotopic (exact) mass is 566 g/mol. The van der Waals surface area contributed by atoms with Gasteiger partial charge in [-0.05, 0) is 41.2 Å². The van der Waals surface area contributed by atoms with Crippen molar-refractivity contribution in [2.75, 3.05) is 13.1 Å². The predicted molar refractivity (Wildman–Crippen MR) is 167 cm³/mol. The lowest BCUT2D eigenvalue weighted by Gasteiger charge is -2.05. The van der Waals surface area contributed by atoms with E-state index in [1.54, 1.807) is 22.7 Å². The van der Waals surface area contributed by atoms with E-state index in [2.05, 4.69) is 83.4 Å². The summed E-state index contributed by atoms with van der Waals surface area (Å²) in [6, 6.07) is 25.2. The van der Waals surface area contributed by atoms with E-state index in [1.807, 2.05) is 12.4 Å². The second-order valence-corrected chi connectivity index (χ2v) is 11.3. The standard InChI is InChI=1S/C30H30N8S2/c31-29(32)35-12-10-19-4-1-6-21(14-19)25-17-37-27(39-25)23-8-3-9-24(16-23)28-38-18-26(40-28)22-7-2-5-20(15-22)11-13-36-30(33)34/h1-9,14-18H,10-13H2,(H4,31,32,35)(H4,33,34,36). The quantitative estimate of drug-likeness (QED) is 0.0995. The van der Waals surface area contributed by atoms with Crippen molar-refractivity contribution in [2.24, 2.45) is 11.5 Å². The molecule has 0 spiro atoms. The largest absolute Gasteiger partial charge is 0.370 e. The Morgan fingerprint density at radius 2 is 1.05 bits per heavy atom. The zero-order chi connectivity index (χ0) is 27.9. The molecule has 0 aliphatic carbocycles. The topological polar surface area (TPSA) is 150 Å². The molecule has 40 heavy (non-hydrogen) atoms. The zero-order valence-electron chi connectivity index (χ0n) is 21.8. The van der Waals surface area contributed by atoms with Gasteiger partial charge in [-0.1, -0.05) is 66.7 Å². The van der Waals surface area contributed by atoms with Crippen molar-refractivity contribution in [2.45, 2.75) is 12.8 Å². The molecule has 0 unspecified atom stereocenters. The molecular weight excluding hydrogens is 537 g/mol. The fourth-order valence-corrected chi connectivity index (χ4v) is 6.13. The Labute approximate surface area is 241 Å². The molecule has 8 nitrogen and oxygen atoms in total. The summed E-state index contributed by atoms with van der Waals surface area (Å²) in [5, 5.41) is 22.3. The van der Waals surface area contributed by atoms with Crippen LogP contribution >= 0.6 is 22.7 Å². The summed E-state index contributed by atoms with van der Waals surface area (Å²) in [5.41, 5.74) is 17.5. The Hall–Kier alpha value is -4.54. The van der Waals surface area contributed by atoms with Gasteiger partial charge in [-0.15, -0.1) is 22.7 Å². The number of aromatic nitrogens is 2. The number of guanidine groups is 2. The molecular formula is C30H30N8S2. The van der Waals surface area contributed by atoms with Crippen LogP contribution in [0.4, 0.5) is 0 Å². The molecule has 0 radical (unpaired) electrons. The molecule has 0 bridgehead atoms. The SMILES string of the molecule is N=C(N)NCCc1cccc(-c2cnc(-c3cccc(-c4ncc(-c5cccc(CCNC(=N)N)c5)s4)c3)s2)c1. The minimum Gasteiger partial charge on any atom is -0.370 e. The minimum atomic E-state index is -0.0103. The Balaban J connectivity index is 1.31. The Kier molecular flexibility index (Phi) is 8.48. The lowest BCUT2D eigenvalue weighted by Crippen LogP contribution is -2.31. The van der Waals surface area contributed by atoms with Gasteiger partial charge in [0.05, 0.1) is 9.75 Å². The van der Waals surface area contributed by atoms with E-state index in [-0.39, 0.29) is 11.9 Å². The van der Waals surface area contributed by atoms with Gasteiger partial charge in [-0.25, -0.2) is 9.97 Å². The predicted octanol–water partition coefficient (Wildman–Crippen LogP) is 5.32. The van der Waals surface area contributed by atoms with Crippen LogP contribution in [-0.4, -0.2) is 35.0 Å². The summed E-state index contributed by atoms with van der Waals surface area (Å²) in [6.45, 7) is 1.25. The summed E-state index contributed by atoms with van der Waals surface area (Å²) in [5.74, 6) is -0.0206. The first kappa shape index (κ1) is 27.0. The first-order chi connectivity index (χ1) is 19.4. The molecule has 2 aromatic heterocycles. The van der Waals surface area contributed by atoms with Crippen LogP contribution in [0.25, 0.3) is 42.0 Å². The minimum absolute atomic E-state index is 0.0103. The van der Waals surface area contributed by atoms with Gasteiger partial charge < -0.3 is 22.1 Å². The van der Waals surface area contributed by atoms with Crippen LogP contribution in [0.15, 0.2) is 85.2 Å². The molecule has 0 atom stereocenters. The molecule has 8 N–H and O–H groups in total. The van der Waals surface area contributed by atoms with E-state index in [1.165, 1.54) is 11.1 Å². The number of hydrogen-bond donors (Lipinski definition) is 6. The van der Waals surface area contributed by atoms with Crippen LogP contribution < -0.4 is 22.1 Å². The smallest absolute Gasteiger partial charge is 0.185 e. The van der Waals surface area contributed by atoms with Crippen molar-refractivity contribution < 1.29 is 0 Å². The van der Waals surface area contributed by atoms with E-state index < -0.39 is 0 Å². The number of nitrogens with one attached hydrogen (secondary N) is 4. The number of thiazole rings is 2. The number of benzene rings is 3. The Bertz CT molecular complexity index is 1520. The van der Waals surface area contributed by atoms with Gasteiger partial charge in [0.15, 0.2) is 11.9 Å². The van der Waals surface area contributed by atoms with E-state index in [0.29, 0.717) is 13.1 Å². The maximum absolute atomic E-state index is 7.32. The molecule has 0 fully saturated rings. The van der Waals surface area contributed by atoms with Gasteiger partial charge in [0.25, 0.3) is 0 Å². The number of hydrogen-bond acceptors (Lipinski definition) is 6. The van der Waals surface area contributed by atoms with E-state index >= 15 is 0 Å². The molecule has 5 aromatic rings. The van der Waals surface area contributed by atoms with Gasteiger partial charge in [-0.3, -0.25) is 10.8 Å². The van der Waals surface area contributed by atoms with Crippen LogP contribution in [0, 0.1) is 10.8 Å². The number of nitrogens with zero attached hydrogens (tertiary/aromatic N) is 2. The summed E-state index contributed by atoms with van der Waals surface area (Å²) < 4.78 is 0. The van der Waals surface area contributed by atoms with Gasteiger partial charge in [-0.2, -0.15) is 0 Å². The third-order valence-corrected chi connectivity index (χ3v) is 8.44. The van der Waals surface area contributed by atoms with Crippen molar-refractivity contribution >= 4 is 34.6 Å². The Morgan fingerprint density at radius 1 is 0.625 bits per heavy atom. The average molecular weight is 567 g/mol. The van der Waals surface area contributed by atoms with Crippen molar-refractivity contribution in [1.29, 1.82) is 10.8 Å². The molecule has 0 aliphatic heterocycles. The van der Waals surface area contributed by atoms with Gasteiger partial charge in [0.2, 0.25) is 0 Å². The molecule has 0 aliphatic rings. The fraction of sp³-hybridized carbons (Fsp3) is 0.133. The average Bonchev–Trinajstić information content (AvgIpc) is 3.64. The maximum atomic E-state index is 7.32. The first-order valence-corrected chi connectivity index (χ1v) is 14.4. The summed E-state index contributed by atoms with van der Waals surface area (Å²) in [7, 11) is 0. The van der Waals surface area contributed by atoms with Crippen molar-refractivity contribution in [3.8, 4) is 42.0 Å². The number of nitrogens with two attached hydrogens (primary N) is 2. The van der Waals surface area contributed by atoms with Crippen LogP contribution in [0.3, 0.4) is 0 Å². The van der Waals surface area contributed by atoms with Gasteiger partial charge in [0.1, 0.15) is 10.0 Å². The number of rotatable bonds is 10. The van der Waals surface area contributed by atoms with E-state index in [9.17, 15) is 0 Å². The maximum Gasteiger partial charge on any atom is 0.185 e. The first-order valence-electron chi connectivity index (χ1n) is 12.8. The highest BCUT2D eigenvalue weighted by Crippen LogP contribution is 2.36. The highest BCUT2D eigenvalue weighted by atomic mass is 32.1. The summed E-state index contributed by atoms with van der Waals surface area (Å²) in [6.07, 6.45) is 5.44. The second kappa shape index (κ2) is 12.5. The molecule has 0 saturated heterocycles. The van der Waals surface area contributed by atoms with Crippen molar-refractivity contribution in [1.82, 2.24) is 20.6 Å². The highest BCUT2D eigenvalue weighted by Gasteiger charge is 2.12. The van der Waals surface area contributed by atoms with Gasteiger partial charge in [0, 0.05) is 36.6 Å². The molecule has 202 valence electrons. The molecule has 3 aromatic carbocycles. The molecule has 10 heteroatoms. The third kappa shape index (κ3) is 6.90. The molecule has 2 heterocycles. The van der Waals surface area contributed by atoms with Crippen LogP contribution in [0.5, 0.6) is 0 Å². The fourth-order valence-electron chi connectivity index (χ4n) is 4.31. The lowest BCUT2D eigenvalue weighted by atomic mass is 10.1. The van der Waals surface area contributed by atoms with Crippen LogP contribution in [0.1, 0.15) is 11.1 Å². The molecule has 5 rings (SSSR count). The van der Waals surface area contributed by atoms with E-state index in [4.69, 9.17) is 32.3 Å². The second-order valence-electron chi connectivity index (χ2n) is 9.22. The van der Waals surface area contributed by atoms with Crippen molar-refractivity contribution in [3.63, 3.8) is 0 Å². The summed E-state index contributed by atoms with van der Waals surface area (Å²) >= 11 is 3.34. The van der Waals surface area contributed by atoms with Crippen LogP contribution in [0.2, 0.25) is 0 Å². The molecule has 0 amide bonds. The van der Waals surface area contributed by atoms with Gasteiger partial charge >= 0.3 is 0 Å². The highest BCUT2D eigenvalue weighted by molar-refractivity contribution is 7.18. The normalized spacial score (nSPS) is 10.8. The third-order valence-electron chi connectivity index (χ3n) is 6.25. The summed E-state index contributed by atoms with van der Waals surface area (Å²) in [4.78, 5) is 11.7. The Morgan fingerprint density at radius 3 is 1.50 bits per heavy atom. The molecule has 0 saturated carbocycles. The lowest BCUT2D eigenvalue weighted by molar-refractivity contribution is 0.854. The zero-order valence-corrected chi connectivity index (χ0v) is 23.4. The van der Waals surface area contributed by atoms with Crippen molar-refractivity contribution in [3.05, 3.63) is 96.3 Å².